The highest BCUT2D eigenvalue weighted by atomic mass is 32.2. The Hall–Kier alpha value is -1.49. The number of hydrogen-bond donors (Lipinski definition) is 2. The first-order valence-electron chi connectivity index (χ1n) is 6.92. The van der Waals surface area contributed by atoms with Gasteiger partial charge in [0, 0.05) is 11.3 Å². The van der Waals surface area contributed by atoms with E-state index in [1.807, 2.05) is 19.1 Å². The van der Waals surface area contributed by atoms with Crippen LogP contribution in [0.4, 0.5) is 0 Å². The molecule has 1 aliphatic rings. The molecular formula is C15H20N2O2S. The molecule has 0 bridgehead atoms. The zero-order valence-corrected chi connectivity index (χ0v) is 12.6. The van der Waals surface area contributed by atoms with Crippen molar-refractivity contribution in [3.63, 3.8) is 0 Å². The minimum absolute atomic E-state index is 0.0428. The van der Waals surface area contributed by atoms with Crippen molar-refractivity contribution in [3.8, 4) is 0 Å². The number of carbonyl (C=O) groups excluding carboxylic acids is 2. The molecule has 0 saturated carbocycles. The Balaban J connectivity index is 1.92. The number of amides is 2. The molecule has 20 heavy (non-hydrogen) atoms. The summed E-state index contributed by atoms with van der Waals surface area (Å²) in [4.78, 5) is 24.4. The molecule has 4 nitrogen and oxygen atoms in total. The van der Waals surface area contributed by atoms with Gasteiger partial charge in [0.25, 0.3) is 0 Å². The molecular weight excluding hydrogens is 272 g/mol. The highest BCUT2D eigenvalue weighted by Crippen LogP contribution is 2.21. The molecule has 2 N–H and O–H groups in total. The Morgan fingerprint density at radius 1 is 1.45 bits per heavy atom. The monoisotopic (exact) mass is 292 g/mol. The third kappa shape index (κ3) is 3.76. The Morgan fingerprint density at radius 2 is 2.15 bits per heavy atom. The summed E-state index contributed by atoms with van der Waals surface area (Å²) in [5.41, 5.74) is 1.07. The van der Waals surface area contributed by atoms with Gasteiger partial charge in [0.1, 0.15) is 6.04 Å². The third-order valence-electron chi connectivity index (χ3n) is 3.36. The third-order valence-corrected chi connectivity index (χ3v) is 4.26. The van der Waals surface area contributed by atoms with E-state index >= 15 is 0 Å². The molecule has 1 aromatic rings. The van der Waals surface area contributed by atoms with Gasteiger partial charge in [0.2, 0.25) is 11.8 Å². The molecule has 2 amide bonds. The Labute approximate surface area is 123 Å². The van der Waals surface area contributed by atoms with Gasteiger partial charge >= 0.3 is 0 Å². The van der Waals surface area contributed by atoms with Crippen LogP contribution in [0.25, 0.3) is 0 Å². The number of benzene rings is 1. The van der Waals surface area contributed by atoms with Crippen LogP contribution >= 0.6 is 11.8 Å². The summed E-state index contributed by atoms with van der Waals surface area (Å²) in [5.74, 6) is 0.904. The van der Waals surface area contributed by atoms with Gasteiger partial charge in [0.15, 0.2) is 0 Å². The van der Waals surface area contributed by atoms with Crippen LogP contribution in [0, 0.1) is 0 Å². The second-order valence-corrected chi connectivity index (χ2v) is 6.23. The number of thioether (sulfide) groups is 1. The van der Waals surface area contributed by atoms with Crippen molar-refractivity contribution >= 4 is 23.6 Å². The maximum Gasteiger partial charge on any atom is 0.243 e. The Kier molecular flexibility index (Phi) is 5.06. The Morgan fingerprint density at radius 3 is 2.70 bits per heavy atom. The predicted octanol–water partition coefficient (Wildman–Crippen LogP) is 2.25. The highest BCUT2D eigenvalue weighted by Gasteiger charge is 2.27. The number of rotatable bonds is 5. The average molecular weight is 292 g/mol. The first-order chi connectivity index (χ1) is 9.60. The van der Waals surface area contributed by atoms with Gasteiger partial charge in [-0.05, 0) is 36.8 Å². The first kappa shape index (κ1) is 14.9. The van der Waals surface area contributed by atoms with E-state index in [4.69, 9.17) is 0 Å². The zero-order valence-electron chi connectivity index (χ0n) is 11.8. The lowest BCUT2D eigenvalue weighted by atomic mass is 10.1. The van der Waals surface area contributed by atoms with Crippen LogP contribution in [-0.2, 0) is 9.59 Å². The molecule has 0 aliphatic carbocycles. The van der Waals surface area contributed by atoms with E-state index < -0.39 is 0 Å². The lowest BCUT2D eigenvalue weighted by molar-refractivity contribution is -0.126. The van der Waals surface area contributed by atoms with Crippen molar-refractivity contribution in [3.05, 3.63) is 29.8 Å². The fourth-order valence-electron chi connectivity index (χ4n) is 2.23. The van der Waals surface area contributed by atoms with Gasteiger partial charge in [-0.1, -0.05) is 19.1 Å². The largest absolute Gasteiger partial charge is 0.348 e. The van der Waals surface area contributed by atoms with Crippen LogP contribution in [0.2, 0.25) is 0 Å². The summed E-state index contributed by atoms with van der Waals surface area (Å²) in [6.07, 6.45) is 1.03. The van der Waals surface area contributed by atoms with Gasteiger partial charge in [-0.15, -0.1) is 11.8 Å². The molecule has 1 saturated heterocycles. The van der Waals surface area contributed by atoms with Crippen molar-refractivity contribution in [2.24, 2.45) is 0 Å². The van der Waals surface area contributed by atoms with Crippen molar-refractivity contribution in [2.45, 2.75) is 43.7 Å². The lowest BCUT2D eigenvalue weighted by Crippen LogP contribution is -2.42. The minimum atomic E-state index is -0.375. The lowest BCUT2D eigenvalue weighted by Gasteiger charge is -2.17. The summed E-state index contributed by atoms with van der Waals surface area (Å²) >= 11 is 1.80. The van der Waals surface area contributed by atoms with E-state index in [-0.39, 0.29) is 23.9 Å². The van der Waals surface area contributed by atoms with Crippen LogP contribution in [0.5, 0.6) is 0 Å². The molecule has 0 aromatic heterocycles. The summed E-state index contributed by atoms with van der Waals surface area (Å²) in [6.45, 7) is 4.08. The minimum Gasteiger partial charge on any atom is -0.348 e. The van der Waals surface area contributed by atoms with E-state index in [9.17, 15) is 9.59 Å². The quantitative estimate of drug-likeness (QED) is 0.818. The molecule has 108 valence electrons. The SMILES string of the molecule is CCSc1ccc(C(C)NC(=O)C2CCC(=O)N2)cc1. The molecule has 2 atom stereocenters. The molecule has 2 rings (SSSR count). The van der Waals surface area contributed by atoms with E-state index in [0.717, 1.165) is 11.3 Å². The second-order valence-electron chi connectivity index (χ2n) is 4.89. The topological polar surface area (TPSA) is 58.2 Å². The van der Waals surface area contributed by atoms with E-state index in [0.29, 0.717) is 12.8 Å². The first-order valence-corrected chi connectivity index (χ1v) is 7.91. The molecule has 0 spiro atoms. The molecule has 1 aliphatic heterocycles. The van der Waals surface area contributed by atoms with Crippen LogP contribution in [0.15, 0.2) is 29.2 Å². The summed E-state index contributed by atoms with van der Waals surface area (Å²) < 4.78 is 0. The van der Waals surface area contributed by atoms with Crippen LogP contribution in [0.1, 0.15) is 38.3 Å². The maximum absolute atomic E-state index is 12.0. The Bertz CT molecular complexity index is 487. The summed E-state index contributed by atoms with van der Waals surface area (Å²) in [5, 5.41) is 5.63. The van der Waals surface area contributed by atoms with Gasteiger partial charge in [-0.2, -0.15) is 0 Å². The fourth-order valence-corrected chi connectivity index (χ4v) is 2.89. The van der Waals surface area contributed by atoms with Crippen molar-refractivity contribution in [2.75, 3.05) is 5.75 Å². The fraction of sp³-hybridized carbons (Fsp3) is 0.467. The standard InChI is InChI=1S/C15H20N2O2S/c1-3-20-12-6-4-11(5-7-12)10(2)16-15(19)13-8-9-14(18)17-13/h4-7,10,13H,3,8-9H2,1-2H3,(H,16,19)(H,17,18). The van der Waals surface area contributed by atoms with Crippen molar-refractivity contribution in [1.82, 2.24) is 10.6 Å². The number of hydrogen-bond acceptors (Lipinski definition) is 3. The van der Waals surface area contributed by atoms with Crippen molar-refractivity contribution in [1.29, 1.82) is 0 Å². The van der Waals surface area contributed by atoms with Gasteiger partial charge in [-0.3, -0.25) is 9.59 Å². The smallest absolute Gasteiger partial charge is 0.243 e. The van der Waals surface area contributed by atoms with Crippen LogP contribution in [-0.4, -0.2) is 23.6 Å². The van der Waals surface area contributed by atoms with Gasteiger partial charge in [-0.25, -0.2) is 0 Å². The normalized spacial score (nSPS) is 19.5. The zero-order chi connectivity index (χ0) is 14.5. The molecule has 1 heterocycles. The van der Waals surface area contributed by atoms with Crippen LogP contribution < -0.4 is 10.6 Å². The number of carbonyl (C=O) groups is 2. The van der Waals surface area contributed by atoms with E-state index in [1.165, 1.54) is 4.90 Å². The molecule has 1 aromatic carbocycles. The van der Waals surface area contributed by atoms with Crippen LogP contribution in [0.3, 0.4) is 0 Å². The van der Waals surface area contributed by atoms with E-state index in [2.05, 4.69) is 29.7 Å². The second kappa shape index (κ2) is 6.79. The molecule has 1 fully saturated rings. The maximum atomic E-state index is 12.0. The number of nitrogens with one attached hydrogen (secondary N) is 2. The predicted molar refractivity (Wildman–Crippen MR) is 80.6 cm³/mol. The van der Waals surface area contributed by atoms with Gasteiger partial charge in [0.05, 0.1) is 6.04 Å². The molecule has 5 heteroatoms. The average Bonchev–Trinajstić information content (AvgIpc) is 2.86. The summed E-state index contributed by atoms with van der Waals surface area (Å²) in [6, 6.07) is 7.79. The molecule has 2 unspecified atom stereocenters. The highest BCUT2D eigenvalue weighted by molar-refractivity contribution is 7.99. The summed E-state index contributed by atoms with van der Waals surface area (Å²) in [7, 11) is 0. The van der Waals surface area contributed by atoms with Crippen molar-refractivity contribution < 1.29 is 9.59 Å². The van der Waals surface area contributed by atoms with E-state index in [1.54, 1.807) is 11.8 Å². The van der Waals surface area contributed by atoms with Gasteiger partial charge < -0.3 is 10.6 Å². The molecule has 0 radical (unpaired) electrons.